The molecule has 30 heavy (non-hydrogen) atoms. The van der Waals surface area contributed by atoms with Gasteiger partial charge in [0.2, 0.25) is 5.91 Å². The molecular formula is C24H27ClN2O3. The third-order valence-corrected chi connectivity index (χ3v) is 5.54. The molecular weight excluding hydrogens is 400 g/mol. The van der Waals surface area contributed by atoms with Gasteiger partial charge in [-0.25, -0.2) is 0 Å². The maximum absolute atomic E-state index is 13.1. The minimum absolute atomic E-state index is 0.0971. The number of carbonyl (C=O) groups is 2. The molecule has 0 bridgehead atoms. The molecule has 0 radical (unpaired) electrons. The van der Waals surface area contributed by atoms with Crippen LogP contribution in [0.4, 0.5) is 0 Å². The van der Waals surface area contributed by atoms with Crippen molar-refractivity contribution in [2.24, 2.45) is 0 Å². The number of nitrogens with one attached hydrogen (secondary N) is 1. The smallest absolute Gasteiger partial charge is 0.258 e. The maximum atomic E-state index is 13.1. The second-order valence-corrected chi connectivity index (χ2v) is 8.01. The standard InChI is InChI=1S/C24H27ClN2O3/c1-16-9-4-6-13-21(18-10-8-11-19(25)15-18)26-23(28)17(2)27(3)24(29)20-12-5-7-14-22(20)30-16/h4-8,10-12,14-17,21H,9,13H2,1-3H3,(H,26,28)/b6-4-/t16-,17+,21+/m1/s1. The summed E-state index contributed by atoms with van der Waals surface area (Å²) in [6.45, 7) is 3.69. The Bertz CT molecular complexity index is 944. The van der Waals surface area contributed by atoms with E-state index in [1.807, 2.05) is 43.3 Å². The van der Waals surface area contributed by atoms with E-state index in [0.29, 0.717) is 29.2 Å². The van der Waals surface area contributed by atoms with E-state index >= 15 is 0 Å². The van der Waals surface area contributed by atoms with Gasteiger partial charge in [0, 0.05) is 18.5 Å². The molecule has 0 unspecified atom stereocenters. The predicted octanol–water partition coefficient (Wildman–Crippen LogP) is 4.78. The van der Waals surface area contributed by atoms with Crippen molar-refractivity contribution in [2.45, 2.75) is 44.9 Å². The largest absolute Gasteiger partial charge is 0.490 e. The molecule has 0 saturated heterocycles. The number of likely N-dealkylation sites (N-methyl/N-ethyl adjacent to an activating group) is 1. The lowest BCUT2D eigenvalue weighted by Gasteiger charge is -2.28. The van der Waals surface area contributed by atoms with Crippen molar-refractivity contribution >= 4 is 23.4 Å². The number of benzene rings is 2. The summed E-state index contributed by atoms with van der Waals surface area (Å²) in [5.74, 6) is 0.0390. The van der Waals surface area contributed by atoms with Crippen molar-refractivity contribution in [2.75, 3.05) is 7.05 Å². The molecule has 3 rings (SSSR count). The van der Waals surface area contributed by atoms with Crippen LogP contribution in [0.15, 0.2) is 60.7 Å². The quantitative estimate of drug-likeness (QED) is 0.668. The molecule has 1 heterocycles. The van der Waals surface area contributed by atoms with Crippen LogP contribution in [0.2, 0.25) is 5.02 Å². The molecule has 3 atom stereocenters. The van der Waals surface area contributed by atoms with Gasteiger partial charge in [0.25, 0.3) is 5.91 Å². The van der Waals surface area contributed by atoms with Crippen molar-refractivity contribution in [1.29, 1.82) is 0 Å². The van der Waals surface area contributed by atoms with Gasteiger partial charge < -0.3 is 15.0 Å². The van der Waals surface area contributed by atoms with Crippen LogP contribution in [-0.2, 0) is 4.79 Å². The molecule has 1 aliphatic heterocycles. The lowest BCUT2D eigenvalue weighted by molar-refractivity contribution is -0.125. The molecule has 0 fully saturated rings. The minimum Gasteiger partial charge on any atom is -0.490 e. The van der Waals surface area contributed by atoms with Gasteiger partial charge in [-0.3, -0.25) is 9.59 Å². The SMILES string of the molecule is C[C@@H]1C/C=C\C[C@@H](c2cccc(Cl)c2)NC(=O)[C@H](C)N(C)C(=O)c2ccccc2O1. The number of ether oxygens (including phenoxy) is 1. The molecule has 1 aliphatic rings. The summed E-state index contributed by atoms with van der Waals surface area (Å²) in [5, 5.41) is 3.69. The Balaban J connectivity index is 1.93. The van der Waals surface area contributed by atoms with Gasteiger partial charge in [0.15, 0.2) is 0 Å². The van der Waals surface area contributed by atoms with E-state index in [1.54, 1.807) is 38.2 Å². The Morgan fingerprint density at radius 3 is 2.53 bits per heavy atom. The highest BCUT2D eigenvalue weighted by molar-refractivity contribution is 6.30. The van der Waals surface area contributed by atoms with Crippen LogP contribution in [-0.4, -0.2) is 35.9 Å². The molecule has 1 N–H and O–H groups in total. The topological polar surface area (TPSA) is 58.6 Å². The lowest BCUT2D eigenvalue weighted by atomic mass is 10.0. The van der Waals surface area contributed by atoms with E-state index < -0.39 is 6.04 Å². The number of carbonyl (C=O) groups excluding carboxylic acids is 2. The van der Waals surface area contributed by atoms with E-state index in [2.05, 4.69) is 5.32 Å². The number of para-hydroxylation sites is 1. The van der Waals surface area contributed by atoms with Gasteiger partial charge >= 0.3 is 0 Å². The lowest BCUT2D eigenvalue weighted by Crippen LogP contribution is -2.47. The third kappa shape index (κ3) is 5.22. The Morgan fingerprint density at radius 2 is 1.77 bits per heavy atom. The number of hydrogen-bond acceptors (Lipinski definition) is 3. The zero-order valence-electron chi connectivity index (χ0n) is 17.5. The molecule has 0 aliphatic carbocycles. The first-order chi connectivity index (χ1) is 14.4. The number of halogens is 1. The normalized spacial score (nSPS) is 24.3. The van der Waals surface area contributed by atoms with Crippen molar-refractivity contribution in [3.8, 4) is 5.75 Å². The molecule has 5 nitrogen and oxygen atoms in total. The van der Waals surface area contributed by atoms with Gasteiger partial charge in [-0.1, -0.05) is 48.0 Å². The van der Waals surface area contributed by atoms with Gasteiger partial charge in [-0.2, -0.15) is 0 Å². The average Bonchev–Trinajstić information content (AvgIpc) is 2.74. The molecule has 2 aromatic rings. The summed E-state index contributed by atoms with van der Waals surface area (Å²) < 4.78 is 6.03. The van der Waals surface area contributed by atoms with Crippen molar-refractivity contribution < 1.29 is 14.3 Å². The number of nitrogens with zero attached hydrogens (tertiary/aromatic N) is 1. The summed E-state index contributed by atoms with van der Waals surface area (Å²) >= 11 is 6.16. The van der Waals surface area contributed by atoms with Gasteiger partial charge in [-0.05, 0) is 50.1 Å². The summed E-state index contributed by atoms with van der Waals surface area (Å²) in [4.78, 5) is 27.5. The fourth-order valence-electron chi connectivity index (χ4n) is 3.37. The van der Waals surface area contributed by atoms with Crippen LogP contribution in [0.3, 0.4) is 0 Å². The van der Waals surface area contributed by atoms with E-state index in [0.717, 1.165) is 5.56 Å². The minimum atomic E-state index is -0.656. The third-order valence-electron chi connectivity index (χ3n) is 5.30. The van der Waals surface area contributed by atoms with E-state index in [9.17, 15) is 9.59 Å². The Morgan fingerprint density at radius 1 is 1.03 bits per heavy atom. The summed E-state index contributed by atoms with van der Waals surface area (Å²) in [7, 11) is 1.63. The second kappa shape index (κ2) is 9.81. The molecule has 2 amide bonds. The van der Waals surface area contributed by atoms with Crippen LogP contribution < -0.4 is 10.1 Å². The van der Waals surface area contributed by atoms with Gasteiger partial charge in [0.1, 0.15) is 11.8 Å². The molecule has 0 aromatic heterocycles. The number of fused-ring (bicyclic) bond motifs is 1. The highest BCUT2D eigenvalue weighted by Crippen LogP contribution is 2.25. The van der Waals surface area contributed by atoms with E-state index in [4.69, 9.17) is 16.3 Å². The predicted molar refractivity (Wildman–Crippen MR) is 119 cm³/mol. The van der Waals surface area contributed by atoms with Gasteiger partial charge in [0.05, 0.1) is 17.7 Å². The molecule has 0 spiro atoms. The Labute approximate surface area is 182 Å². The highest BCUT2D eigenvalue weighted by atomic mass is 35.5. The Kier molecular flexibility index (Phi) is 7.16. The first kappa shape index (κ1) is 21.9. The number of amides is 2. The fourth-order valence-corrected chi connectivity index (χ4v) is 3.57. The Hall–Kier alpha value is -2.79. The van der Waals surface area contributed by atoms with E-state index in [-0.39, 0.29) is 24.0 Å². The second-order valence-electron chi connectivity index (χ2n) is 7.58. The maximum Gasteiger partial charge on any atom is 0.258 e. The van der Waals surface area contributed by atoms with Crippen LogP contribution >= 0.6 is 11.6 Å². The monoisotopic (exact) mass is 426 g/mol. The zero-order valence-corrected chi connectivity index (χ0v) is 18.2. The number of rotatable bonds is 1. The molecule has 6 heteroatoms. The highest BCUT2D eigenvalue weighted by Gasteiger charge is 2.27. The van der Waals surface area contributed by atoms with Crippen molar-refractivity contribution in [1.82, 2.24) is 10.2 Å². The van der Waals surface area contributed by atoms with Crippen LogP contribution in [0.1, 0.15) is 48.7 Å². The summed E-state index contributed by atoms with van der Waals surface area (Å²) in [6.07, 6.45) is 5.29. The molecule has 158 valence electrons. The van der Waals surface area contributed by atoms with E-state index in [1.165, 1.54) is 4.90 Å². The summed E-state index contributed by atoms with van der Waals surface area (Å²) in [6, 6.07) is 13.7. The first-order valence-corrected chi connectivity index (χ1v) is 10.5. The summed E-state index contributed by atoms with van der Waals surface area (Å²) in [5.41, 5.74) is 1.36. The first-order valence-electron chi connectivity index (χ1n) is 10.1. The van der Waals surface area contributed by atoms with Gasteiger partial charge in [-0.15, -0.1) is 0 Å². The van der Waals surface area contributed by atoms with Crippen molar-refractivity contribution in [3.63, 3.8) is 0 Å². The van der Waals surface area contributed by atoms with Crippen LogP contribution in [0, 0.1) is 0 Å². The van der Waals surface area contributed by atoms with Crippen molar-refractivity contribution in [3.05, 3.63) is 76.8 Å². The number of hydrogen-bond donors (Lipinski definition) is 1. The van der Waals surface area contributed by atoms with Crippen LogP contribution in [0.5, 0.6) is 5.75 Å². The van der Waals surface area contributed by atoms with Crippen LogP contribution in [0.25, 0.3) is 0 Å². The molecule has 0 saturated carbocycles. The average molecular weight is 427 g/mol. The fraction of sp³-hybridized carbons (Fsp3) is 0.333. The molecule has 2 aromatic carbocycles. The zero-order chi connectivity index (χ0) is 21.7.